The lowest BCUT2D eigenvalue weighted by molar-refractivity contribution is -0.113. The summed E-state index contributed by atoms with van der Waals surface area (Å²) in [5, 5.41) is 2.01. The number of aromatic nitrogens is 1. The number of nitrogens with one attached hydrogen (secondary N) is 1. The van der Waals surface area contributed by atoms with Crippen molar-refractivity contribution in [3.05, 3.63) is 29.1 Å². The van der Waals surface area contributed by atoms with Gasteiger partial charge in [0, 0.05) is 24.4 Å². The molecule has 0 spiro atoms. The molecule has 1 saturated heterocycles. The number of halogens is 1. The maximum atomic E-state index is 14.4. The summed E-state index contributed by atoms with van der Waals surface area (Å²) in [6, 6.07) is 3.73. The van der Waals surface area contributed by atoms with Crippen LogP contribution in [0.1, 0.15) is 42.7 Å². The maximum Gasteiger partial charge on any atom is 0.147 e. The summed E-state index contributed by atoms with van der Waals surface area (Å²) in [6.07, 6.45) is 5.32. The van der Waals surface area contributed by atoms with Crippen LogP contribution >= 0.6 is 11.9 Å². The molecular formula is C18H21FN2OS. The summed E-state index contributed by atoms with van der Waals surface area (Å²) < 4.78 is 16.7. The first-order valence-corrected chi connectivity index (χ1v) is 9.13. The van der Waals surface area contributed by atoms with Gasteiger partial charge in [-0.3, -0.25) is 0 Å². The average Bonchev–Trinajstić information content (AvgIpc) is 3.11. The van der Waals surface area contributed by atoms with Crippen LogP contribution in [-0.2, 0) is 4.79 Å². The van der Waals surface area contributed by atoms with Crippen molar-refractivity contribution in [2.75, 3.05) is 13.1 Å². The number of aldehydes is 1. The molecule has 1 aromatic heterocycles. The van der Waals surface area contributed by atoms with Crippen LogP contribution in [0.3, 0.4) is 0 Å². The molecule has 1 aromatic carbocycles. The minimum absolute atomic E-state index is 0.178. The Balaban J connectivity index is 1.70. The van der Waals surface area contributed by atoms with Gasteiger partial charge >= 0.3 is 0 Å². The molecule has 2 fully saturated rings. The number of benzene rings is 1. The van der Waals surface area contributed by atoms with E-state index in [1.165, 1.54) is 18.4 Å². The molecule has 1 saturated carbocycles. The van der Waals surface area contributed by atoms with E-state index in [0.29, 0.717) is 11.4 Å². The SMILES string of the molecule is Cc1cc(F)c2[nH]c(SN3CCCC3)cc2c1C1CC(C=O)C1. The van der Waals surface area contributed by atoms with E-state index in [0.717, 1.165) is 48.2 Å². The van der Waals surface area contributed by atoms with Crippen LogP contribution in [0.5, 0.6) is 0 Å². The lowest BCUT2D eigenvalue weighted by Gasteiger charge is -2.33. The third kappa shape index (κ3) is 2.70. The van der Waals surface area contributed by atoms with Gasteiger partial charge in [-0.15, -0.1) is 0 Å². The van der Waals surface area contributed by atoms with Gasteiger partial charge in [0.2, 0.25) is 0 Å². The topological polar surface area (TPSA) is 36.1 Å². The van der Waals surface area contributed by atoms with Crippen molar-refractivity contribution in [1.82, 2.24) is 9.29 Å². The fourth-order valence-electron chi connectivity index (χ4n) is 3.90. The van der Waals surface area contributed by atoms with E-state index >= 15 is 0 Å². The van der Waals surface area contributed by atoms with Crippen LogP contribution in [0.25, 0.3) is 10.9 Å². The van der Waals surface area contributed by atoms with E-state index in [-0.39, 0.29) is 11.7 Å². The molecule has 4 rings (SSSR count). The van der Waals surface area contributed by atoms with E-state index in [2.05, 4.69) is 15.4 Å². The fraction of sp³-hybridized carbons (Fsp3) is 0.500. The molecule has 5 heteroatoms. The summed E-state index contributed by atoms with van der Waals surface area (Å²) in [5.41, 5.74) is 2.84. The van der Waals surface area contributed by atoms with Crippen molar-refractivity contribution >= 4 is 29.1 Å². The van der Waals surface area contributed by atoms with Crippen LogP contribution in [0, 0.1) is 18.7 Å². The number of fused-ring (bicyclic) bond motifs is 1. The Labute approximate surface area is 139 Å². The fourth-order valence-corrected chi connectivity index (χ4v) is 4.94. The molecule has 23 heavy (non-hydrogen) atoms. The Bertz CT molecular complexity index is 745. The minimum atomic E-state index is -0.180. The number of aromatic amines is 1. The van der Waals surface area contributed by atoms with Gasteiger partial charge in [-0.2, -0.15) is 0 Å². The Morgan fingerprint density at radius 2 is 2.04 bits per heavy atom. The molecule has 0 amide bonds. The monoisotopic (exact) mass is 332 g/mol. The van der Waals surface area contributed by atoms with E-state index in [4.69, 9.17) is 0 Å². The van der Waals surface area contributed by atoms with Gasteiger partial charge in [0.1, 0.15) is 12.1 Å². The van der Waals surface area contributed by atoms with Crippen LogP contribution in [-0.4, -0.2) is 28.7 Å². The number of H-pyrrole nitrogens is 1. The quantitative estimate of drug-likeness (QED) is 0.665. The lowest BCUT2D eigenvalue weighted by atomic mass is 9.70. The van der Waals surface area contributed by atoms with E-state index < -0.39 is 0 Å². The predicted octanol–water partition coefficient (Wildman–Crippen LogP) is 4.41. The minimum Gasteiger partial charge on any atom is -0.346 e. The summed E-state index contributed by atoms with van der Waals surface area (Å²) in [7, 11) is 0. The molecule has 1 aliphatic carbocycles. The first-order valence-electron chi connectivity index (χ1n) is 8.35. The standard InChI is InChI=1S/C18H21FN2OS/c1-11-6-15(19)18-14(17(11)13-7-12(8-13)10-22)9-16(20-18)23-21-4-2-3-5-21/h6,9-10,12-13,20H,2-5,7-8H2,1H3. The highest BCUT2D eigenvalue weighted by atomic mass is 32.2. The zero-order valence-electron chi connectivity index (χ0n) is 13.3. The average molecular weight is 332 g/mol. The van der Waals surface area contributed by atoms with Crippen molar-refractivity contribution in [3.8, 4) is 0 Å². The maximum absolute atomic E-state index is 14.4. The summed E-state index contributed by atoms with van der Waals surface area (Å²) in [5.74, 6) is 0.381. The molecule has 0 unspecified atom stereocenters. The third-order valence-corrected chi connectivity index (χ3v) is 6.20. The summed E-state index contributed by atoms with van der Waals surface area (Å²) in [6.45, 7) is 4.17. The largest absolute Gasteiger partial charge is 0.346 e. The zero-order valence-corrected chi connectivity index (χ0v) is 14.1. The van der Waals surface area contributed by atoms with E-state index in [1.54, 1.807) is 18.0 Å². The molecule has 2 heterocycles. The molecule has 3 nitrogen and oxygen atoms in total. The number of carbonyl (C=O) groups excluding carboxylic acids is 1. The summed E-state index contributed by atoms with van der Waals surface area (Å²) in [4.78, 5) is 14.2. The second-order valence-electron chi connectivity index (χ2n) is 6.80. The molecule has 0 radical (unpaired) electrons. The van der Waals surface area contributed by atoms with Gasteiger partial charge in [-0.05, 0) is 73.7 Å². The third-order valence-electron chi connectivity index (χ3n) is 5.16. The van der Waals surface area contributed by atoms with Gasteiger partial charge in [-0.1, -0.05) is 0 Å². The molecule has 2 aromatic rings. The molecule has 122 valence electrons. The number of nitrogens with zero attached hydrogens (tertiary/aromatic N) is 1. The van der Waals surface area contributed by atoms with Crippen molar-refractivity contribution in [1.29, 1.82) is 0 Å². The summed E-state index contributed by atoms with van der Waals surface area (Å²) >= 11 is 1.70. The van der Waals surface area contributed by atoms with E-state index in [1.807, 2.05) is 6.92 Å². The van der Waals surface area contributed by atoms with Crippen molar-refractivity contribution in [2.45, 2.75) is 43.6 Å². The highest BCUT2D eigenvalue weighted by Crippen LogP contribution is 2.45. The first kappa shape index (κ1) is 15.2. The number of rotatable bonds is 4. The Hall–Kier alpha value is -1.33. The van der Waals surface area contributed by atoms with Crippen LogP contribution in [0.15, 0.2) is 17.2 Å². The number of hydrogen-bond donors (Lipinski definition) is 1. The van der Waals surface area contributed by atoms with Crippen LogP contribution < -0.4 is 0 Å². The number of hydrogen-bond acceptors (Lipinski definition) is 3. The van der Waals surface area contributed by atoms with Gasteiger partial charge in [0.15, 0.2) is 0 Å². The second kappa shape index (κ2) is 5.95. The second-order valence-corrected chi connectivity index (χ2v) is 7.94. The highest BCUT2D eigenvalue weighted by Gasteiger charge is 2.33. The van der Waals surface area contributed by atoms with Gasteiger partial charge in [0.25, 0.3) is 0 Å². The smallest absolute Gasteiger partial charge is 0.147 e. The number of aryl methyl sites for hydroxylation is 1. The Morgan fingerprint density at radius 3 is 2.74 bits per heavy atom. The molecule has 0 atom stereocenters. The van der Waals surface area contributed by atoms with Crippen molar-refractivity contribution in [3.63, 3.8) is 0 Å². The number of carbonyl (C=O) groups is 1. The van der Waals surface area contributed by atoms with Crippen LogP contribution in [0.2, 0.25) is 0 Å². The zero-order chi connectivity index (χ0) is 16.0. The molecule has 1 N–H and O–H groups in total. The van der Waals surface area contributed by atoms with Gasteiger partial charge < -0.3 is 9.78 Å². The van der Waals surface area contributed by atoms with E-state index in [9.17, 15) is 9.18 Å². The Morgan fingerprint density at radius 1 is 1.30 bits per heavy atom. The molecule has 0 bridgehead atoms. The van der Waals surface area contributed by atoms with Gasteiger partial charge in [-0.25, -0.2) is 8.70 Å². The first-order chi connectivity index (χ1) is 11.2. The Kier molecular flexibility index (Phi) is 3.93. The van der Waals surface area contributed by atoms with Crippen molar-refractivity contribution in [2.24, 2.45) is 5.92 Å². The van der Waals surface area contributed by atoms with Crippen molar-refractivity contribution < 1.29 is 9.18 Å². The van der Waals surface area contributed by atoms with Gasteiger partial charge in [0.05, 0.1) is 10.5 Å². The molecule has 1 aliphatic heterocycles. The normalized spacial score (nSPS) is 25.0. The van der Waals surface area contributed by atoms with Crippen LogP contribution in [0.4, 0.5) is 4.39 Å². The lowest BCUT2D eigenvalue weighted by Crippen LogP contribution is -2.23. The highest BCUT2D eigenvalue weighted by molar-refractivity contribution is 7.97. The molecule has 2 aliphatic rings. The predicted molar refractivity (Wildman–Crippen MR) is 91.2 cm³/mol. The molecular weight excluding hydrogens is 311 g/mol.